The zero-order valence-corrected chi connectivity index (χ0v) is 10.1. The lowest BCUT2D eigenvalue weighted by Crippen LogP contribution is -2.47. The molecule has 0 saturated carbocycles. The van der Waals surface area contributed by atoms with Crippen LogP contribution in [0.1, 0.15) is 11.1 Å². The number of nitrogens with one attached hydrogen (secondary N) is 1. The lowest BCUT2D eigenvalue weighted by atomic mass is 10.0. The molecule has 0 fully saturated rings. The SMILES string of the molecule is NC1=NC(N)(c2ccc(F)cc2)Nc2ccccc21. The van der Waals surface area contributed by atoms with Crippen molar-refractivity contribution in [2.75, 3.05) is 5.32 Å². The van der Waals surface area contributed by atoms with E-state index in [-0.39, 0.29) is 5.82 Å². The number of hydrogen-bond acceptors (Lipinski definition) is 4. The summed E-state index contributed by atoms with van der Waals surface area (Å²) in [4.78, 5) is 4.29. The fourth-order valence-corrected chi connectivity index (χ4v) is 2.14. The fourth-order valence-electron chi connectivity index (χ4n) is 2.14. The molecule has 5 heteroatoms. The van der Waals surface area contributed by atoms with Gasteiger partial charge in [0.25, 0.3) is 0 Å². The molecule has 0 saturated heterocycles. The van der Waals surface area contributed by atoms with E-state index >= 15 is 0 Å². The van der Waals surface area contributed by atoms with Crippen LogP contribution in [0.5, 0.6) is 0 Å². The summed E-state index contributed by atoms with van der Waals surface area (Å²) in [6, 6.07) is 13.4. The van der Waals surface area contributed by atoms with Crippen LogP contribution in [0.2, 0.25) is 0 Å². The van der Waals surface area contributed by atoms with E-state index in [2.05, 4.69) is 10.3 Å². The third kappa shape index (κ3) is 1.94. The zero-order chi connectivity index (χ0) is 13.5. The van der Waals surface area contributed by atoms with Crippen LogP contribution in [-0.4, -0.2) is 5.84 Å². The maximum atomic E-state index is 13.0. The molecule has 0 bridgehead atoms. The highest BCUT2D eigenvalue weighted by molar-refractivity contribution is 6.04. The van der Waals surface area contributed by atoms with Gasteiger partial charge in [0.05, 0.1) is 0 Å². The van der Waals surface area contributed by atoms with Gasteiger partial charge in [-0.1, -0.05) is 24.3 Å². The van der Waals surface area contributed by atoms with Crippen molar-refractivity contribution in [1.82, 2.24) is 0 Å². The van der Waals surface area contributed by atoms with Crippen molar-refractivity contribution in [3.05, 3.63) is 65.5 Å². The third-order valence-corrected chi connectivity index (χ3v) is 3.11. The Bertz CT molecular complexity index is 651. The van der Waals surface area contributed by atoms with Crippen LogP contribution in [0.15, 0.2) is 53.5 Å². The van der Waals surface area contributed by atoms with Gasteiger partial charge in [-0.05, 0) is 24.3 Å². The number of aliphatic imine (C=N–C) groups is 1. The molecule has 0 aromatic heterocycles. The van der Waals surface area contributed by atoms with Gasteiger partial charge in [-0.2, -0.15) is 0 Å². The molecule has 0 spiro atoms. The van der Waals surface area contributed by atoms with Crippen molar-refractivity contribution >= 4 is 11.5 Å². The highest BCUT2D eigenvalue weighted by Gasteiger charge is 2.31. The Morgan fingerprint density at radius 1 is 1.05 bits per heavy atom. The Labute approximate surface area is 110 Å². The number of benzene rings is 2. The van der Waals surface area contributed by atoms with Crippen molar-refractivity contribution in [3.8, 4) is 0 Å². The lowest BCUT2D eigenvalue weighted by Gasteiger charge is -2.33. The molecule has 1 heterocycles. The van der Waals surface area contributed by atoms with E-state index in [1.54, 1.807) is 12.1 Å². The van der Waals surface area contributed by atoms with Crippen LogP contribution in [0.25, 0.3) is 0 Å². The first-order valence-electron chi connectivity index (χ1n) is 5.86. The van der Waals surface area contributed by atoms with E-state index < -0.39 is 5.79 Å². The van der Waals surface area contributed by atoms with E-state index in [9.17, 15) is 4.39 Å². The van der Waals surface area contributed by atoms with Crippen molar-refractivity contribution in [1.29, 1.82) is 0 Å². The minimum absolute atomic E-state index is 0.319. The summed E-state index contributed by atoms with van der Waals surface area (Å²) in [6.07, 6.45) is 0. The average molecular weight is 256 g/mol. The predicted octanol–water partition coefficient (Wildman–Crippen LogP) is 1.73. The largest absolute Gasteiger partial charge is 0.383 e. The molecular weight excluding hydrogens is 243 g/mol. The normalized spacial score (nSPS) is 21.3. The molecule has 3 rings (SSSR count). The molecule has 2 aromatic rings. The number of anilines is 1. The summed E-state index contributed by atoms with van der Waals surface area (Å²) < 4.78 is 13.0. The van der Waals surface area contributed by atoms with Gasteiger partial charge in [0.15, 0.2) is 0 Å². The second-order valence-electron chi connectivity index (χ2n) is 4.44. The first-order chi connectivity index (χ1) is 9.08. The molecule has 1 unspecified atom stereocenters. The van der Waals surface area contributed by atoms with E-state index in [1.807, 2.05) is 24.3 Å². The second-order valence-corrected chi connectivity index (χ2v) is 4.44. The van der Waals surface area contributed by atoms with E-state index in [1.165, 1.54) is 12.1 Å². The second kappa shape index (κ2) is 4.07. The number of nitrogens with two attached hydrogens (primary N) is 2. The summed E-state index contributed by atoms with van der Waals surface area (Å²) >= 11 is 0. The number of halogens is 1. The molecule has 4 nitrogen and oxygen atoms in total. The number of nitrogens with zero attached hydrogens (tertiary/aromatic N) is 1. The van der Waals surface area contributed by atoms with Crippen molar-refractivity contribution < 1.29 is 4.39 Å². The zero-order valence-electron chi connectivity index (χ0n) is 10.1. The molecule has 2 aromatic carbocycles. The minimum Gasteiger partial charge on any atom is -0.383 e. The van der Waals surface area contributed by atoms with Gasteiger partial charge in [0.2, 0.25) is 5.79 Å². The molecule has 1 aliphatic rings. The summed E-state index contributed by atoms with van der Waals surface area (Å²) in [6.45, 7) is 0. The Hall–Kier alpha value is -2.40. The number of amidine groups is 1. The van der Waals surface area contributed by atoms with E-state index in [4.69, 9.17) is 11.5 Å². The highest BCUT2D eigenvalue weighted by atomic mass is 19.1. The molecule has 1 aliphatic heterocycles. The topological polar surface area (TPSA) is 76.4 Å². The Morgan fingerprint density at radius 2 is 1.74 bits per heavy atom. The van der Waals surface area contributed by atoms with Crippen LogP contribution in [0, 0.1) is 5.82 Å². The number of para-hydroxylation sites is 1. The van der Waals surface area contributed by atoms with Gasteiger partial charge >= 0.3 is 0 Å². The van der Waals surface area contributed by atoms with Crippen LogP contribution in [0.3, 0.4) is 0 Å². The van der Waals surface area contributed by atoms with E-state index in [0.717, 1.165) is 11.3 Å². The van der Waals surface area contributed by atoms with Gasteiger partial charge in [0, 0.05) is 16.8 Å². The Balaban J connectivity index is 2.08. The van der Waals surface area contributed by atoms with Gasteiger partial charge in [0.1, 0.15) is 11.7 Å². The monoisotopic (exact) mass is 256 g/mol. The molecule has 1 atom stereocenters. The third-order valence-electron chi connectivity index (χ3n) is 3.11. The van der Waals surface area contributed by atoms with Gasteiger partial charge in [-0.3, -0.25) is 5.73 Å². The number of hydrogen-bond donors (Lipinski definition) is 3. The molecule has 5 N–H and O–H groups in total. The summed E-state index contributed by atoms with van der Waals surface area (Å²) in [5, 5.41) is 3.13. The standard InChI is InChI=1S/C14H13FN4/c15-10-7-5-9(6-8-10)14(17)18-12-4-2-1-3-11(12)13(16)19-14/h1-8,18H,17H2,(H2,16,19). The fraction of sp³-hybridized carbons (Fsp3) is 0.0714. The molecule has 19 heavy (non-hydrogen) atoms. The van der Waals surface area contributed by atoms with Crippen molar-refractivity contribution in [2.24, 2.45) is 16.5 Å². The van der Waals surface area contributed by atoms with E-state index in [0.29, 0.717) is 11.4 Å². The predicted molar refractivity (Wildman–Crippen MR) is 73.1 cm³/mol. The highest BCUT2D eigenvalue weighted by Crippen LogP contribution is 2.30. The van der Waals surface area contributed by atoms with Crippen LogP contribution < -0.4 is 16.8 Å². The molecule has 0 aliphatic carbocycles. The molecule has 0 amide bonds. The minimum atomic E-state index is -1.17. The number of rotatable bonds is 1. The van der Waals surface area contributed by atoms with Gasteiger partial charge in [-0.15, -0.1) is 0 Å². The van der Waals surface area contributed by atoms with Crippen LogP contribution >= 0.6 is 0 Å². The maximum Gasteiger partial charge on any atom is 0.211 e. The quantitative estimate of drug-likeness (QED) is 0.727. The average Bonchev–Trinajstić information content (AvgIpc) is 2.39. The first kappa shape index (κ1) is 11.7. The summed E-state index contributed by atoms with van der Waals surface area (Å²) in [5.74, 6) is -1.13. The summed E-state index contributed by atoms with van der Waals surface area (Å²) in [5.41, 5.74) is 14.4. The first-order valence-corrected chi connectivity index (χ1v) is 5.86. The summed E-state index contributed by atoms with van der Waals surface area (Å²) in [7, 11) is 0. The van der Waals surface area contributed by atoms with Gasteiger partial charge in [-0.25, -0.2) is 9.38 Å². The molecular formula is C14H13FN4. The lowest BCUT2D eigenvalue weighted by molar-refractivity contribution is 0.534. The van der Waals surface area contributed by atoms with Crippen LogP contribution in [0.4, 0.5) is 10.1 Å². The molecule has 96 valence electrons. The maximum absolute atomic E-state index is 13.0. The van der Waals surface area contributed by atoms with Crippen LogP contribution in [-0.2, 0) is 5.79 Å². The van der Waals surface area contributed by atoms with Crippen molar-refractivity contribution in [3.63, 3.8) is 0 Å². The Kier molecular flexibility index (Phi) is 2.50. The number of fused-ring (bicyclic) bond motifs is 1. The molecule has 0 radical (unpaired) electrons. The smallest absolute Gasteiger partial charge is 0.211 e. The Morgan fingerprint density at radius 3 is 2.47 bits per heavy atom. The van der Waals surface area contributed by atoms with Gasteiger partial charge < -0.3 is 11.1 Å². The van der Waals surface area contributed by atoms with Crippen molar-refractivity contribution in [2.45, 2.75) is 5.79 Å².